The van der Waals surface area contributed by atoms with Gasteiger partial charge in [0.25, 0.3) is 5.91 Å². The smallest absolute Gasteiger partial charge is 0.251 e. The van der Waals surface area contributed by atoms with Gasteiger partial charge >= 0.3 is 0 Å². The normalized spacial score (nSPS) is 13.1. The molecule has 18 heavy (non-hydrogen) atoms. The van der Waals surface area contributed by atoms with E-state index in [0.717, 1.165) is 19.3 Å². The van der Waals surface area contributed by atoms with Crippen molar-refractivity contribution >= 4 is 5.91 Å². The second kappa shape index (κ2) is 6.55. The molecule has 0 aliphatic rings. The average molecular weight is 248 g/mol. The highest BCUT2D eigenvalue weighted by Crippen LogP contribution is 2.14. The molecule has 3 N–H and O–H groups in total. The highest BCUT2D eigenvalue weighted by atomic mass is 16.1. The van der Waals surface area contributed by atoms with Gasteiger partial charge in [-0.1, -0.05) is 25.1 Å². The van der Waals surface area contributed by atoms with Crippen molar-refractivity contribution in [3.63, 3.8) is 0 Å². The molecule has 1 rings (SSSR count). The van der Waals surface area contributed by atoms with E-state index < -0.39 is 0 Å². The molecule has 0 saturated carbocycles. The van der Waals surface area contributed by atoms with Crippen LogP contribution in [0, 0.1) is 0 Å². The summed E-state index contributed by atoms with van der Waals surface area (Å²) in [6, 6.07) is 9.51. The van der Waals surface area contributed by atoms with Gasteiger partial charge in [0.2, 0.25) is 0 Å². The largest absolute Gasteiger partial charge is 0.347 e. The fraction of sp³-hybridized carbons (Fsp3) is 0.533. The molecule has 0 aromatic heterocycles. The van der Waals surface area contributed by atoms with E-state index in [1.165, 1.54) is 0 Å². The monoisotopic (exact) mass is 248 g/mol. The Labute approximate surface area is 110 Å². The molecule has 0 saturated heterocycles. The van der Waals surface area contributed by atoms with Crippen molar-refractivity contribution in [2.24, 2.45) is 5.73 Å². The van der Waals surface area contributed by atoms with Crippen LogP contribution in [0.15, 0.2) is 30.3 Å². The first-order chi connectivity index (χ1) is 8.44. The maximum atomic E-state index is 12.0. The summed E-state index contributed by atoms with van der Waals surface area (Å²) in [4.78, 5) is 12.0. The summed E-state index contributed by atoms with van der Waals surface area (Å²) >= 11 is 0. The van der Waals surface area contributed by atoms with Crippen LogP contribution in [0.4, 0.5) is 0 Å². The Morgan fingerprint density at radius 1 is 1.33 bits per heavy atom. The van der Waals surface area contributed by atoms with Gasteiger partial charge < -0.3 is 11.1 Å². The average Bonchev–Trinajstić information content (AvgIpc) is 2.36. The molecular formula is C15H24N2O. The summed E-state index contributed by atoms with van der Waals surface area (Å²) in [5, 5.41) is 3.06. The molecule has 3 nitrogen and oxygen atoms in total. The standard InChI is InChI=1S/C15H24N2O/c1-4-13(16)10-11-15(2,3)17-14(18)12-8-6-5-7-9-12/h5-9,13H,4,10-11,16H2,1-3H3,(H,17,18). The van der Waals surface area contributed by atoms with Crippen molar-refractivity contribution in [3.05, 3.63) is 35.9 Å². The maximum absolute atomic E-state index is 12.0. The molecule has 100 valence electrons. The quantitative estimate of drug-likeness (QED) is 0.813. The summed E-state index contributed by atoms with van der Waals surface area (Å²) in [5.41, 5.74) is 6.39. The van der Waals surface area contributed by atoms with Crippen molar-refractivity contribution in [3.8, 4) is 0 Å². The molecule has 1 aromatic rings. The summed E-state index contributed by atoms with van der Waals surface area (Å²) in [6.45, 7) is 6.16. The van der Waals surface area contributed by atoms with E-state index in [-0.39, 0.29) is 17.5 Å². The van der Waals surface area contributed by atoms with Gasteiger partial charge in [-0.25, -0.2) is 0 Å². The van der Waals surface area contributed by atoms with E-state index in [1.54, 1.807) is 0 Å². The van der Waals surface area contributed by atoms with Crippen molar-refractivity contribution in [1.29, 1.82) is 0 Å². The first-order valence-electron chi connectivity index (χ1n) is 6.58. The molecule has 0 aliphatic heterocycles. The zero-order valence-corrected chi connectivity index (χ0v) is 11.6. The second-order valence-corrected chi connectivity index (χ2v) is 5.41. The number of benzene rings is 1. The van der Waals surface area contributed by atoms with E-state index in [4.69, 9.17) is 5.73 Å². The molecule has 3 heteroatoms. The van der Waals surface area contributed by atoms with Gasteiger partial charge in [-0.3, -0.25) is 4.79 Å². The Kier molecular flexibility index (Phi) is 5.35. The van der Waals surface area contributed by atoms with Crippen LogP contribution in [0.3, 0.4) is 0 Å². The number of hydrogen-bond acceptors (Lipinski definition) is 2. The van der Waals surface area contributed by atoms with E-state index in [1.807, 2.05) is 44.2 Å². The fourth-order valence-electron chi connectivity index (χ4n) is 1.78. The van der Waals surface area contributed by atoms with Crippen LogP contribution in [-0.2, 0) is 0 Å². The van der Waals surface area contributed by atoms with Crippen LogP contribution in [0.5, 0.6) is 0 Å². The number of rotatable bonds is 6. The first kappa shape index (κ1) is 14.7. The topological polar surface area (TPSA) is 55.1 Å². The Morgan fingerprint density at radius 3 is 2.50 bits per heavy atom. The lowest BCUT2D eigenvalue weighted by Gasteiger charge is -2.27. The van der Waals surface area contributed by atoms with E-state index in [2.05, 4.69) is 12.2 Å². The van der Waals surface area contributed by atoms with Crippen LogP contribution < -0.4 is 11.1 Å². The van der Waals surface area contributed by atoms with Gasteiger partial charge in [-0.15, -0.1) is 0 Å². The van der Waals surface area contributed by atoms with Crippen molar-refractivity contribution in [2.45, 2.75) is 51.6 Å². The molecular weight excluding hydrogens is 224 g/mol. The number of amides is 1. The molecule has 0 spiro atoms. The number of carbonyl (C=O) groups excluding carboxylic acids is 1. The SMILES string of the molecule is CCC(N)CCC(C)(C)NC(=O)c1ccccc1. The number of nitrogens with one attached hydrogen (secondary N) is 1. The third-order valence-corrected chi connectivity index (χ3v) is 3.15. The molecule has 0 radical (unpaired) electrons. The van der Waals surface area contributed by atoms with Crippen LogP contribution in [0.2, 0.25) is 0 Å². The fourth-order valence-corrected chi connectivity index (χ4v) is 1.78. The van der Waals surface area contributed by atoms with Gasteiger partial charge in [0.05, 0.1) is 0 Å². The Bertz CT molecular complexity index is 373. The summed E-state index contributed by atoms with van der Waals surface area (Å²) in [7, 11) is 0. The molecule has 0 fully saturated rings. The van der Waals surface area contributed by atoms with Crippen LogP contribution in [-0.4, -0.2) is 17.5 Å². The Balaban J connectivity index is 2.52. The molecule has 1 unspecified atom stereocenters. The van der Waals surface area contributed by atoms with Gasteiger partial charge in [0, 0.05) is 17.1 Å². The van der Waals surface area contributed by atoms with E-state index >= 15 is 0 Å². The molecule has 1 atom stereocenters. The predicted octanol–water partition coefficient (Wildman–Crippen LogP) is 2.71. The summed E-state index contributed by atoms with van der Waals surface area (Å²) < 4.78 is 0. The maximum Gasteiger partial charge on any atom is 0.251 e. The van der Waals surface area contributed by atoms with Crippen LogP contribution in [0.25, 0.3) is 0 Å². The lowest BCUT2D eigenvalue weighted by molar-refractivity contribution is 0.0907. The van der Waals surface area contributed by atoms with Crippen molar-refractivity contribution in [1.82, 2.24) is 5.32 Å². The van der Waals surface area contributed by atoms with Crippen molar-refractivity contribution < 1.29 is 4.79 Å². The van der Waals surface area contributed by atoms with Crippen LogP contribution >= 0.6 is 0 Å². The summed E-state index contributed by atoms with van der Waals surface area (Å²) in [5.74, 6) is -0.0225. The van der Waals surface area contributed by atoms with Crippen LogP contribution in [0.1, 0.15) is 50.4 Å². The number of carbonyl (C=O) groups is 1. The minimum atomic E-state index is -0.223. The van der Waals surface area contributed by atoms with Gasteiger partial charge in [0.1, 0.15) is 0 Å². The first-order valence-corrected chi connectivity index (χ1v) is 6.58. The Hall–Kier alpha value is -1.35. The lowest BCUT2D eigenvalue weighted by atomic mass is 9.94. The molecule has 0 heterocycles. The molecule has 1 aromatic carbocycles. The highest BCUT2D eigenvalue weighted by Gasteiger charge is 2.21. The van der Waals surface area contributed by atoms with Gasteiger partial charge in [-0.05, 0) is 45.2 Å². The zero-order chi connectivity index (χ0) is 13.6. The van der Waals surface area contributed by atoms with E-state index in [0.29, 0.717) is 5.56 Å². The number of nitrogens with two attached hydrogens (primary N) is 1. The minimum Gasteiger partial charge on any atom is -0.347 e. The summed E-state index contributed by atoms with van der Waals surface area (Å²) in [6.07, 6.45) is 2.79. The number of hydrogen-bond donors (Lipinski definition) is 2. The third kappa shape index (κ3) is 4.88. The minimum absolute atomic E-state index is 0.0225. The zero-order valence-electron chi connectivity index (χ0n) is 11.6. The molecule has 0 aliphatic carbocycles. The highest BCUT2D eigenvalue weighted by molar-refractivity contribution is 5.94. The van der Waals surface area contributed by atoms with Gasteiger partial charge in [0.15, 0.2) is 0 Å². The van der Waals surface area contributed by atoms with Crippen molar-refractivity contribution in [2.75, 3.05) is 0 Å². The second-order valence-electron chi connectivity index (χ2n) is 5.41. The molecule has 1 amide bonds. The molecule has 0 bridgehead atoms. The lowest BCUT2D eigenvalue weighted by Crippen LogP contribution is -2.44. The van der Waals surface area contributed by atoms with E-state index in [9.17, 15) is 4.79 Å². The third-order valence-electron chi connectivity index (χ3n) is 3.15. The van der Waals surface area contributed by atoms with Gasteiger partial charge in [-0.2, -0.15) is 0 Å². The Morgan fingerprint density at radius 2 is 1.94 bits per heavy atom. The predicted molar refractivity (Wildman–Crippen MR) is 75.5 cm³/mol.